The molecule has 0 atom stereocenters. The Morgan fingerprint density at radius 1 is 0.850 bits per heavy atom. The molecule has 0 saturated heterocycles. The Morgan fingerprint density at radius 2 is 1.55 bits per heavy atom. The number of carbonyl (C=O) groups is 2. The van der Waals surface area contributed by atoms with Crippen LogP contribution in [-0.4, -0.2) is 30.8 Å². The van der Waals surface area contributed by atoms with E-state index in [1.165, 1.54) is 17.7 Å². The molecule has 0 fully saturated rings. The predicted octanol–water partition coefficient (Wildman–Crippen LogP) is 5.68. The van der Waals surface area contributed by atoms with Gasteiger partial charge in [-0.05, 0) is 66.7 Å². The van der Waals surface area contributed by atoms with E-state index in [-0.39, 0.29) is 11.8 Å². The van der Waals surface area contributed by atoms with Gasteiger partial charge >= 0.3 is 0 Å². The maximum Gasteiger partial charge on any atom is 0.258 e. The van der Waals surface area contributed by atoms with E-state index < -0.39 is 5.82 Å². The third-order valence-corrected chi connectivity index (χ3v) is 6.64. The summed E-state index contributed by atoms with van der Waals surface area (Å²) in [7, 11) is 4.04. The Kier molecular flexibility index (Phi) is 8.03. The van der Waals surface area contributed by atoms with Crippen LogP contribution in [0.3, 0.4) is 0 Å². The monoisotopic (exact) mass is 534 g/mol. The minimum Gasteiger partial charge on any atom is -0.354 e. The van der Waals surface area contributed by atoms with Crippen molar-refractivity contribution in [3.63, 3.8) is 0 Å². The molecular formula is C33H31FN4O2. The second kappa shape index (κ2) is 12.0. The van der Waals surface area contributed by atoms with Crippen LogP contribution in [0.15, 0.2) is 97.1 Å². The molecule has 0 aromatic heterocycles. The topological polar surface area (TPSA) is 73.5 Å². The first-order valence-electron chi connectivity index (χ1n) is 13.1. The molecule has 0 spiro atoms. The zero-order chi connectivity index (χ0) is 28.1. The minimum atomic E-state index is -0.412. The summed E-state index contributed by atoms with van der Waals surface area (Å²) >= 11 is 0. The molecule has 0 unspecified atom stereocenters. The van der Waals surface area contributed by atoms with Crippen LogP contribution in [-0.2, 0) is 29.1 Å². The van der Waals surface area contributed by atoms with Crippen LogP contribution >= 0.6 is 0 Å². The number of fused-ring (bicyclic) bond motifs is 1. The fraction of sp³-hybridized carbons (Fsp3) is 0.152. The zero-order valence-corrected chi connectivity index (χ0v) is 22.5. The Morgan fingerprint density at radius 3 is 2.25 bits per heavy atom. The number of anilines is 2. The molecule has 0 saturated carbocycles. The molecule has 6 nitrogen and oxygen atoms in total. The van der Waals surface area contributed by atoms with Gasteiger partial charge in [0.2, 0.25) is 5.91 Å². The van der Waals surface area contributed by atoms with Crippen molar-refractivity contribution in [2.24, 2.45) is 0 Å². The fourth-order valence-electron chi connectivity index (χ4n) is 4.71. The molecule has 1 aliphatic heterocycles. The van der Waals surface area contributed by atoms with E-state index in [1.54, 1.807) is 6.07 Å². The lowest BCUT2D eigenvalue weighted by atomic mass is 9.99. The van der Waals surface area contributed by atoms with Gasteiger partial charge < -0.3 is 20.9 Å². The van der Waals surface area contributed by atoms with Gasteiger partial charge in [0.1, 0.15) is 5.82 Å². The van der Waals surface area contributed by atoms with Gasteiger partial charge in [0.25, 0.3) is 5.91 Å². The van der Waals surface area contributed by atoms with E-state index in [0.29, 0.717) is 35.5 Å². The summed E-state index contributed by atoms with van der Waals surface area (Å²) in [5, 5.41) is 9.20. The lowest BCUT2D eigenvalue weighted by Crippen LogP contribution is -2.24. The van der Waals surface area contributed by atoms with Crippen molar-refractivity contribution < 1.29 is 14.0 Å². The number of rotatable bonds is 9. The first kappa shape index (κ1) is 26.8. The Balaban J connectivity index is 1.40. The molecule has 3 N–H and O–H groups in total. The number of halogens is 1. The van der Waals surface area contributed by atoms with Crippen molar-refractivity contribution >= 4 is 34.5 Å². The zero-order valence-electron chi connectivity index (χ0n) is 22.5. The number of benzene rings is 4. The molecule has 4 aromatic carbocycles. The molecule has 2 amide bonds. The summed E-state index contributed by atoms with van der Waals surface area (Å²) in [6.07, 6.45) is 0.321. The summed E-state index contributed by atoms with van der Waals surface area (Å²) in [5.74, 6) is -0.765. The Hall–Kier alpha value is -4.75. The minimum absolute atomic E-state index is 0.0519. The van der Waals surface area contributed by atoms with Gasteiger partial charge in [-0.1, -0.05) is 66.7 Å². The predicted molar refractivity (Wildman–Crippen MR) is 158 cm³/mol. The number of hydrogen-bond acceptors (Lipinski definition) is 4. The van der Waals surface area contributed by atoms with Gasteiger partial charge in [0.15, 0.2) is 0 Å². The van der Waals surface area contributed by atoms with Crippen LogP contribution in [0, 0.1) is 5.82 Å². The van der Waals surface area contributed by atoms with Crippen molar-refractivity contribution in [3.8, 4) is 0 Å². The van der Waals surface area contributed by atoms with Crippen LogP contribution in [0.5, 0.6) is 0 Å². The van der Waals surface area contributed by atoms with Gasteiger partial charge in [0.05, 0.1) is 23.4 Å². The summed E-state index contributed by atoms with van der Waals surface area (Å²) in [6.45, 7) is 1.21. The van der Waals surface area contributed by atoms with E-state index in [2.05, 4.69) is 20.9 Å². The SMILES string of the molecule is CN(C)Cc1ccc(NC(=C2C(=O)Nc3cc(F)ccc32)c2ccc(CNC(=O)Cc3ccccc3)cc2)cc1. The molecule has 0 aliphatic carbocycles. The average Bonchev–Trinajstić information content (AvgIpc) is 3.26. The third-order valence-electron chi connectivity index (χ3n) is 6.64. The van der Waals surface area contributed by atoms with Gasteiger partial charge in [0, 0.05) is 24.3 Å². The highest BCUT2D eigenvalue weighted by Gasteiger charge is 2.29. The first-order valence-corrected chi connectivity index (χ1v) is 13.1. The van der Waals surface area contributed by atoms with Crippen LogP contribution in [0.2, 0.25) is 0 Å². The molecule has 1 aliphatic rings. The van der Waals surface area contributed by atoms with Crippen molar-refractivity contribution in [1.29, 1.82) is 0 Å². The lowest BCUT2D eigenvalue weighted by Gasteiger charge is -2.16. The standard InChI is InChI=1S/C33H31FN4O2/c1-38(2)21-24-10-15-27(16-11-24)36-32(31-28-17-14-26(34)19-29(28)37-33(31)40)25-12-8-23(9-13-25)20-35-30(39)18-22-6-4-3-5-7-22/h3-17,19,36H,18,20-21H2,1-2H3,(H,35,39)(H,37,40). The maximum absolute atomic E-state index is 13.9. The summed E-state index contributed by atoms with van der Waals surface area (Å²) in [6, 6.07) is 29.7. The van der Waals surface area contributed by atoms with E-state index in [0.717, 1.165) is 28.9 Å². The van der Waals surface area contributed by atoms with Gasteiger partial charge in [-0.25, -0.2) is 4.39 Å². The third kappa shape index (κ3) is 6.45. The van der Waals surface area contributed by atoms with Crippen LogP contribution in [0.4, 0.5) is 15.8 Å². The van der Waals surface area contributed by atoms with Crippen LogP contribution in [0.1, 0.15) is 27.8 Å². The highest BCUT2D eigenvalue weighted by atomic mass is 19.1. The number of hydrogen-bond donors (Lipinski definition) is 3. The summed E-state index contributed by atoms with van der Waals surface area (Å²) in [4.78, 5) is 27.6. The number of carbonyl (C=O) groups excluding carboxylic acids is 2. The lowest BCUT2D eigenvalue weighted by molar-refractivity contribution is -0.120. The van der Waals surface area contributed by atoms with Crippen LogP contribution in [0.25, 0.3) is 11.3 Å². The van der Waals surface area contributed by atoms with Gasteiger partial charge in [-0.15, -0.1) is 0 Å². The number of nitrogens with one attached hydrogen (secondary N) is 3. The number of amides is 2. The molecule has 202 valence electrons. The molecule has 1 heterocycles. The van der Waals surface area contributed by atoms with Gasteiger partial charge in [-0.3, -0.25) is 9.59 Å². The highest BCUT2D eigenvalue weighted by molar-refractivity contribution is 6.37. The molecule has 4 aromatic rings. The molecule has 40 heavy (non-hydrogen) atoms. The summed E-state index contributed by atoms with van der Waals surface area (Å²) in [5.41, 5.74) is 6.81. The maximum atomic E-state index is 13.9. The Labute approximate surface area is 233 Å². The van der Waals surface area contributed by atoms with E-state index in [1.807, 2.05) is 93.0 Å². The van der Waals surface area contributed by atoms with Crippen molar-refractivity contribution in [1.82, 2.24) is 10.2 Å². The number of nitrogens with zero attached hydrogens (tertiary/aromatic N) is 1. The molecule has 5 rings (SSSR count). The quantitative estimate of drug-likeness (QED) is 0.242. The molecule has 0 bridgehead atoms. The van der Waals surface area contributed by atoms with Crippen molar-refractivity contribution in [3.05, 3.63) is 131 Å². The molecule has 7 heteroatoms. The largest absolute Gasteiger partial charge is 0.354 e. The van der Waals surface area contributed by atoms with Crippen molar-refractivity contribution in [2.75, 3.05) is 24.7 Å². The van der Waals surface area contributed by atoms with Crippen LogP contribution < -0.4 is 16.0 Å². The first-order chi connectivity index (χ1) is 19.4. The molecular weight excluding hydrogens is 503 g/mol. The van der Waals surface area contributed by atoms with Crippen molar-refractivity contribution in [2.45, 2.75) is 19.5 Å². The highest BCUT2D eigenvalue weighted by Crippen LogP contribution is 2.38. The second-order valence-corrected chi connectivity index (χ2v) is 10.1. The smallest absolute Gasteiger partial charge is 0.258 e. The average molecular weight is 535 g/mol. The second-order valence-electron chi connectivity index (χ2n) is 10.1. The van der Waals surface area contributed by atoms with E-state index in [4.69, 9.17) is 0 Å². The molecule has 0 radical (unpaired) electrons. The summed E-state index contributed by atoms with van der Waals surface area (Å²) < 4.78 is 13.9. The van der Waals surface area contributed by atoms with Gasteiger partial charge in [-0.2, -0.15) is 0 Å². The van der Waals surface area contributed by atoms with E-state index in [9.17, 15) is 14.0 Å². The van der Waals surface area contributed by atoms with E-state index >= 15 is 0 Å². The fourth-order valence-corrected chi connectivity index (χ4v) is 4.71. The Bertz CT molecular complexity index is 1550. The normalized spacial score (nSPS) is 13.6.